The first-order valence-electron chi connectivity index (χ1n) is 12.0. The van der Waals surface area contributed by atoms with Gasteiger partial charge in [0.1, 0.15) is 0 Å². The smallest absolute Gasteiger partial charge is 0.0894 e. The van der Waals surface area contributed by atoms with Crippen molar-refractivity contribution >= 4 is 54.1 Å². The second kappa shape index (κ2) is 7.27. The molecule has 0 fully saturated rings. The molecule has 0 saturated heterocycles. The molecule has 4 aromatic heterocycles. The normalized spacial score (nSPS) is 11.9. The molecule has 0 aliphatic carbocycles. The van der Waals surface area contributed by atoms with Crippen LogP contribution in [0.2, 0.25) is 0 Å². The van der Waals surface area contributed by atoms with Gasteiger partial charge in [0, 0.05) is 51.9 Å². The van der Waals surface area contributed by atoms with E-state index in [9.17, 15) is 0 Å². The van der Waals surface area contributed by atoms with Gasteiger partial charge in [0.05, 0.1) is 22.4 Å². The summed E-state index contributed by atoms with van der Waals surface area (Å²) in [5.74, 6) is 0. The molecule has 0 amide bonds. The summed E-state index contributed by atoms with van der Waals surface area (Å²) in [5.41, 5.74) is 5.92. The molecule has 0 unspecified atom stereocenters. The molecule has 0 atom stereocenters. The number of rotatable bonds is 2. The average molecular weight is 459 g/mol. The van der Waals surface area contributed by atoms with Gasteiger partial charge >= 0.3 is 0 Å². The summed E-state index contributed by atoms with van der Waals surface area (Å²) in [6.45, 7) is 0. The van der Waals surface area contributed by atoms with E-state index in [1.807, 2.05) is 36.7 Å². The van der Waals surface area contributed by atoms with Crippen LogP contribution in [-0.4, -0.2) is 19.9 Å². The zero-order valence-electron chi connectivity index (χ0n) is 19.2. The number of hydrogen-bond donors (Lipinski definition) is 0. The highest BCUT2D eigenvalue weighted by Gasteiger charge is 2.15. The molecule has 4 heteroatoms. The van der Waals surface area contributed by atoms with Gasteiger partial charge in [-0.1, -0.05) is 42.5 Å². The lowest BCUT2D eigenvalue weighted by atomic mass is 9.91. The Kier molecular flexibility index (Phi) is 3.91. The SMILES string of the molecule is c1cnc2c(c1)cc1ccc3cc4ccc(-c5ccc(-c6ccncc6)cn5)nc4c4ccc2c1c34. The molecular weight excluding hydrogens is 440 g/mol. The van der Waals surface area contributed by atoms with Crippen LogP contribution in [0.15, 0.2) is 110 Å². The maximum absolute atomic E-state index is 5.13. The minimum Gasteiger partial charge on any atom is -0.265 e. The molecule has 8 rings (SSSR count). The van der Waals surface area contributed by atoms with Gasteiger partial charge in [-0.05, 0) is 69.6 Å². The van der Waals surface area contributed by atoms with Gasteiger partial charge in [0.15, 0.2) is 0 Å². The van der Waals surface area contributed by atoms with Gasteiger partial charge in [-0.15, -0.1) is 0 Å². The Morgan fingerprint density at radius 2 is 1.17 bits per heavy atom. The Morgan fingerprint density at radius 1 is 0.472 bits per heavy atom. The lowest BCUT2D eigenvalue weighted by Crippen LogP contribution is -1.92. The van der Waals surface area contributed by atoms with Crippen LogP contribution in [0.4, 0.5) is 0 Å². The van der Waals surface area contributed by atoms with Crippen molar-refractivity contribution in [3.63, 3.8) is 0 Å². The average Bonchev–Trinajstić information content (AvgIpc) is 2.95. The number of aromatic nitrogens is 4. The predicted octanol–water partition coefficient (Wildman–Crippen LogP) is 7.80. The van der Waals surface area contributed by atoms with E-state index in [4.69, 9.17) is 15.0 Å². The van der Waals surface area contributed by atoms with Crippen LogP contribution in [0.25, 0.3) is 76.6 Å². The van der Waals surface area contributed by atoms with E-state index in [1.165, 1.54) is 26.9 Å². The molecule has 0 saturated carbocycles. The zero-order valence-corrected chi connectivity index (χ0v) is 19.2. The van der Waals surface area contributed by atoms with Gasteiger partial charge in [-0.25, -0.2) is 4.98 Å². The zero-order chi connectivity index (χ0) is 23.6. The Labute approximate surface area is 206 Å². The summed E-state index contributed by atoms with van der Waals surface area (Å²) in [6, 6.07) is 29.8. The van der Waals surface area contributed by atoms with Crippen molar-refractivity contribution in [2.45, 2.75) is 0 Å². The molecule has 4 nitrogen and oxygen atoms in total. The predicted molar refractivity (Wildman–Crippen MR) is 147 cm³/mol. The molecule has 36 heavy (non-hydrogen) atoms. The van der Waals surface area contributed by atoms with Gasteiger partial charge in [0.25, 0.3) is 0 Å². The maximum Gasteiger partial charge on any atom is 0.0894 e. The van der Waals surface area contributed by atoms with Crippen LogP contribution >= 0.6 is 0 Å². The van der Waals surface area contributed by atoms with E-state index in [0.29, 0.717) is 0 Å². The summed E-state index contributed by atoms with van der Waals surface area (Å²) in [4.78, 5) is 18.7. The van der Waals surface area contributed by atoms with Gasteiger partial charge in [-0.3, -0.25) is 15.0 Å². The Hall–Kier alpha value is -4.96. The Morgan fingerprint density at radius 3 is 1.92 bits per heavy atom. The molecule has 0 N–H and O–H groups in total. The standard InChI is InChI=1S/C32H18N4/c1-2-22-16-20-3-4-21-17-23-5-10-28(27-9-6-24(18-35-27)19-11-14-33-15-12-19)36-32(23)26-8-7-25(29(20)30(21)26)31(22)34-13-1/h1-18H. The minimum absolute atomic E-state index is 0.857. The number of pyridine rings is 4. The van der Waals surface area contributed by atoms with Crippen LogP contribution in [-0.2, 0) is 0 Å². The van der Waals surface area contributed by atoms with Gasteiger partial charge in [0.2, 0.25) is 0 Å². The van der Waals surface area contributed by atoms with Gasteiger partial charge < -0.3 is 0 Å². The first-order chi connectivity index (χ1) is 17.8. The van der Waals surface area contributed by atoms with Crippen molar-refractivity contribution < 1.29 is 0 Å². The first kappa shape index (κ1) is 19.4. The lowest BCUT2D eigenvalue weighted by Gasteiger charge is -2.14. The van der Waals surface area contributed by atoms with E-state index in [0.717, 1.165) is 49.7 Å². The summed E-state index contributed by atoms with van der Waals surface area (Å²) in [6.07, 6.45) is 7.37. The van der Waals surface area contributed by atoms with Crippen LogP contribution in [0.1, 0.15) is 0 Å². The molecule has 0 aliphatic rings. The second-order valence-corrected chi connectivity index (χ2v) is 9.19. The van der Waals surface area contributed by atoms with Crippen molar-refractivity contribution in [1.82, 2.24) is 19.9 Å². The fourth-order valence-corrected chi connectivity index (χ4v) is 5.48. The number of fused-ring (bicyclic) bond motifs is 4. The molecule has 8 aromatic rings. The van der Waals surface area contributed by atoms with Crippen molar-refractivity contribution in [3.05, 3.63) is 110 Å². The number of nitrogens with zero attached hydrogens (tertiary/aromatic N) is 4. The van der Waals surface area contributed by atoms with Crippen LogP contribution in [0.3, 0.4) is 0 Å². The van der Waals surface area contributed by atoms with E-state index < -0.39 is 0 Å². The fraction of sp³-hybridized carbons (Fsp3) is 0. The van der Waals surface area contributed by atoms with Gasteiger partial charge in [-0.2, -0.15) is 0 Å². The molecule has 4 heterocycles. The molecule has 0 bridgehead atoms. The van der Waals surface area contributed by atoms with Crippen molar-refractivity contribution in [2.75, 3.05) is 0 Å². The largest absolute Gasteiger partial charge is 0.265 e. The Bertz CT molecular complexity index is 2080. The second-order valence-electron chi connectivity index (χ2n) is 9.19. The monoisotopic (exact) mass is 458 g/mol. The summed E-state index contributed by atoms with van der Waals surface area (Å²) >= 11 is 0. The first-order valence-corrected chi connectivity index (χ1v) is 12.0. The molecule has 166 valence electrons. The molecule has 0 radical (unpaired) electrons. The number of benzene rings is 4. The summed E-state index contributed by atoms with van der Waals surface area (Å²) in [7, 11) is 0. The van der Waals surface area contributed by atoms with Crippen LogP contribution in [0.5, 0.6) is 0 Å². The van der Waals surface area contributed by atoms with Crippen molar-refractivity contribution in [1.29, 1.82) is 0 Å². The third-order valence-corrected chi connectivity index (χ3v) is 7.16. The third-order valence-electron chi connectivity index (χ3n) is 7.16. The van der Waals surface area contributed by atoms with Crippen molar-refractivity contribution in [2.24, 2.45) is 0 Å². The Balaban J connectivity index is 1.36. The van der Waals surface area contributed by atoms with E-state index in [2.05, 4.69) is 65.6 Å². The summed E-state index contributed by atoms with van der Waals surface area (Å²) in [5, 5.41) is 9.58. The summed E-state index contributed by atoms with van der Waals surface area (Å²) < 4.78 is 0. The topological polar surface area (TPSA) is 51.6 Å². The van der Waals surface area contributed by atoms with Crippen molar-refractivity contribution in [3.8, 4) is 22.5 Å². The maximum atomic E-state index is 5.13. The highest BCUT2D eigenvalue weighted by atomic mass is 14.8. The van der Waals surface area contributed by atoms with Crippen LogP contribution in [0, 0.1) is 0 Å². The molecule has 4 aromatic carbocycles. The lowest BCUT2D eigenvalue weighted by molar-refractivity contribution is 1.27. The van der Waals surface area contributed by atoms with E-state index in [-0.39, 0.29) is 0 Å². The van der Waals surface area contributed by atoms with E-state index in [1.54, 1.807) is 12.4 Å². The third kappa shape index (κ3) is 2.75. The fourth-order valence-electron chi connectivity index (χ4n) is 5.48. The highest BCUT2D eigenvalue weighted by Crippen LogP contribution is 2.40. The van der Waals surface area contributed by atoms with E-state index >= 15 is 0 Å². The molecular formula is C32H18N4. The van der Waals surface area contributed by atoms with Crippen LogP contribution < -0.4 is 0 Å². The molecule has 0 spiro atoms. The number of hydrogen-bond acceptors (Lipinski definition) is 4. The minimum atomic E-state index is 0.857. The quantitative estimate of drug-likeness (QED) is 0.196. The highest BCUT2D eigenvalue weighted by molar-refractivity contribution is 6.31. The molecule has 0 aliphatic heterocycles.